The van der Waals surface area contributed by atoms with Crippen LogP contribution in [0.1, 0.15) is 17.3 Å². The Labute approximate surface area is 114 Å². The molecule has 1 N–H and O–H groups in total. The van der Waals surface area contributed by atoms with Gasteiger partial charge in [-0.25, -0.2) is 4.39 Å². The molecule has 1 aromatic carbocycles. The fourth-order valence-corrected chi connectivity index (χ4v) is 1.37. The largest absolute Gasteiger partial charge is 0.350 e. The van der Waals surface area contributed by atoms with E-state index < -0.39 is 33.7 Å². The molecule has 0 aliphatic carbocycles. The average Bonchev–Trinajstić information content (AvgIpc) is 2.37. The third-order valence-corrected chi connectivity index (χ3v) is 2.92. The van der Waals surface area contributed by atoms with Crippen molar-refractivity contribution in [2.75, 3.05) is 20.6 Å². The molecule has 0 spiro atoms. The van der Waals surface area contributed by atoms with E-state index in [2.05, 4.69) is 5.32 Å². The zero-order valence-electron chi connectivity index (χ0n) is 11.3. The second-order valence-corrected chi connectivity index (χ2v) is 4.56. The Morgan fingerprint density at radius 1 is 1.40 bits per heavy atom. The van der Waals surface area contributed by atoms with Crippen LogP contribution >= 0.6 is 0 Å². The minimum absolute atomic E-state index is 0.00454. The zero-order valence-corrected chi connectivity index (χ0v) is 11.3. The van der Waals surface area contributed by atoms with Gasteiger partial charge >= 0.3 is 5.69 Å². The highest BCUT2D eigenvalue weighted by Crippen LogP contribution is 2.21. The van der Waals surface area contributed by atoms with Gasteiger partial charge in [-0.1, -0.05) is 0 Å². The Bertz CT molecular complexity index is 535. The maximum atomic E-state index is 13.6. The number of amides is 1. The zero-order chi connectivity index (χ0) is 15.4. The molecular formula is C12H15F2N3O3. The summed E-state index contributed by atoms with van der Waals surface area (Å²) in [7, 11) is 3.62. The third-order valence-electron chi connectivity index (χ3n) is 2.92. The number of nitrogens with zero attached hydrogens (tertiary/aromatic N) is 2. The van der Waals surface area contributed by atoms with Gasteiger partial charge in [0, 0.05) is 12.6 Å². The molecule has 1 rings (SSSR count). The Hall–Kier alpha value is -2.09. The molecule has 1 atom stereocenters. The van der Waals surface area contributed by atoms with Crippen molar-refractivity contribution in [1.82, 2.24) is 10.2 Å². The average molecular weight is 287 g/mol. The van der Waals surface area contributed by atoms with Crippen LogP contribution in [0.3, 0.4) is 0 Å². The van der Waals surface area contributed by atoms with Crippen LogP contribution in [0.5, 0.6) is 0 Å². The molecule has 6 nitrogen and oxygen atoms in total. The van der Waals surface area contributed by atoms with E-state index in [1.54, 1.807) is 0 Å². The van der Waals surface area contributed by atoms with E-state index in [9.17, 15) is 23.7 Å². The SMILES string of the molecule is CC(CNC(=O)c1cc(F)c([N+](=O)[O-])cc1F)N(C)C. The summed E-state index contributed by atoms with van der Waals surface area (Å²) in [6.45, 7) is 2.08. The van der Waals surface area contributed by atoms with Gasteiger partial charge < -0.3 is 10.2 Å². The number of hydrogen-bond acceptors (Lipinski definition) is 4. The van der Waals surface area contributed by atoms with Crippen molar-refractivity contribution in [3.63, 3.8) is 0 Å². The van der Waals surface area contributed by atoms with E-state index in [0.29, 0.717) is 12.1 Å². The van der Waals surface area contributed by atoms with Crippen LogP contribution in [0.4, 0.5) is 14.5 Å². The standard InChI is InChI=1S/C12H15F2N3O3/c1-7(16(2)3)6-15-12(18)8-4-10(14)11(17(19)20)5-9(8)13/h4-5,7H,6H2,1-3H3,(H,15,18). The number of hydrogen-bond donors (Lipinski definition) is 1. The first-order valence-electron chi connectivity index (χ1n) is 5.82. The van der Waals surface area contributed by atoms with E-state index in [1.807, 2.05) is 25.9 Å². The molecular weight excluding hydrogens is 272 g/mol. The van der Waals surface area contributed by atoms with E-state index in [1.165, 1.54) is 0 Å². The topological polar surface area (TPSA) is 75.5 Å². The molecule has 0 aliphatic heterocycles. The highest BCUT2D eigenvalue weighted by Gasteiger charge is 2.22. The highest BCUT2D eigenvalue weighted by molar-refractivity contribution is 5.94. The lowest BCUT2D eigenvalue weighted by Gasteiger charge is -2.20. The Morgan fingerprint density at radius 3 is 2.50 bits per heavy atom. The molecule has 0 saturated carbocycles. The summed E-state index contributed by atoms with van der Waals surface area (Å²) in [6, 6.07) is 0.938. The van der Waals surface area contributed by atoms with E-state index in [4.69, 9.17) is 0 Å². The molecule has 8 heteroatoms. The first-order chi connectivity index (χ1) is 9.23. The third kappa shape index (κ3) is 3.70. The Kier molecular flexibility index (Phi) is 5.09. The van der Waals surface area contributed by atoms with Gasteiger partial charge in [0.25, 0.3) is 5.91 Å². The first kappa shape index (κ1) is 16.0. The molecule has 0 heterocycles. The van der Waals surface area contributed by atoms with Crippen molar-refractivity contribution in [1.29, 1.82) is 0 Å². The second-order valence-electron chi connectivity index (χ2n) is 4.56. The Morgan fingerprint density at radius 2 is 2.00 bits per heavy atom. The number of carbonyl (C=O) groups excluding carboxylic acids is 1. The first-order valence-corrected chi connectivity index (χ1v) is 5.82. The van der Waals surface area contributed by atoms with Crippen molar-refractivity contribution in [3.05, 3.63) is 39.4 Å². The molecule has 110 valence electrons. The van der Waals surface area contributed by atoms with Gasteiger partial charge in [0.1, 0.15) is 5.82 Å². The summed E-state index contributed by atoms with van der Waals surface area (Å²) in [5.74, 6) is -3.19. The summed E-state index contributed by atoms with van der Waals surface area (Å²) in [5, 5.41) is 12.9. The maximum absolute atomic E-state index is 13.6. The van der Waals surface area contributed by atoms with E-state index in [0.717, 1.165) is 0 Å². The van der Waals surface area contributed by atoms with Gasteiger partial charge in [-0.15, -0.1) is 0 Å². The van der Waals surface area contributed by atoms with Gasteiger partial charge in [-0.05, 0) is 27.1 Å². The minimum Gasteiger partial charge on any atom is -0.350 e. The Balaban J connectivity index is 2.89. The number of nitro groups is 1. The molecule has 1 aromatic rings. The summed E-state index contributed by atoms with van der Waals surface area (Å²) < 4.78 is 27.0. The quantitative estimate of drug-likeness (QED) is 0.658. The van der Waals surface area contributed by atoms with Crippen molar-refractivity contribution in [2.24, 2.45) is 0 Å². The summed E-state index contributed by atoms with van der Waals surface area (Å²) >= 11 is 0. The molecule has 0 aromatic heterocycles. The predicted molar refractivity (Wildman–Crippen MR) is 68.5 cm³/mol. The monoisotopic (exact) mass is 287 g/mol. The molecule has 1 amide bonds. The van der Waals surface area contributed by atoms with Crippen molar-refractivity contribution < 1.29 is 18.5 Å². The highest BCUT2D eigenvalue weighted by atomic mass is 19.1. The maximum Gasteiger partial charge on any atom is 0.307 e. The van der Waals surface area contributed by atoms with E-state index in [-0.39, 0.29) is 12.6 Å². The van der Waals surface area contributed by atoms with Crippen molar-refractivity contribution >= 4 is 11.6 Å². The van der Waals surface area contributed by atoms with Crippen LogP contribution < -0.4 is 5.32 Å². The lowest BCUT2D eigenvalue weighted by molar-refractivity contribution is -0.387. The number of nitro benzene ring substituents is 1. The molecule has 1 unspecified atom stereocenters. The van der Waals surface area contributed by atoms with Crippen LogP contribution in [0.25, 0.3) is 0 Å². The summed E-state index contributed by atoms with van der Waals surface area (Å²) in [6.07, 6.45) is 0. The molecule has 0 bridgehead atoms. The second kappa shape index (κ2) is 6.38. The smallest absolute Gasteiger partial charge is 0.307 e. The molecule has 0 aliphatic rings. The summed E-state index contributed by atoms with van der Waals surface area (Å²) in [5.41, 5.74) is -1.56. The van der Waals surface area contributed by atoms with Gasteiger partial charge in [-0.3, -0.25) is 14.9 Å². The lowest BCUT2D eigenvalue weighted by Crippen LogP contribution is -2.38. The fourth-order valence-electron chi connectivity index (χ4n) is 1.37. The number of rotatable bonds is 5. The molecule has 20 heavy (non-hydrogen) atoms. The minimum atomic E-state index is -1.25. The number of halogens is 2. The van der Waals surface area contributed by atoms with Gasteiger partial charge in [-0.2, -0.15) is 4.39 Å². The molecule has 0 saturated heterocycles. The van der Waals surface area contributed by atoms with Gasteiger partial charge in [0.05, 0.1) is 16.6 Å². The van der Waals surface area contributed by atoms with Crippen LogP contribution in [0.15, 0.2) is 12.1 Å². The predicted octanol–water partition coefficient (Wildman–Crippen LogP) is 1.55. The van der Waals surface area contributed by atoms with Gasteiger partial charge in [0.15, 0.2) is 0 Å². The van der Waals surface area contributed by atoms with Gasteiger partial charge in [0.2, 0.25) is 5.82 Å². The number of carbonyl (C=O) groups is 1. The fraction of sp³-hybridized carbons (Fsp3) is 0.417. The van der Waals surface area contributed by atoms with Crippen molar-refractivity contribution in [3.8, 4) is 0 Å². The van der Waals surface area contributed by atoms with Crippen LogP contribution in [-0.2, 0) is 0 Å². The van der Waals surface area contributed by atoms with Crippen LogP contribution in [0, 0.1) is 21.7 Å². The molecule has 0 radical (unpaired) electrons. The van der Waals surface area contributed by atoms with Crippen LogP contribution in [0.2, 0.25) is 0 Å². The molecule has 0 fully saturated rings. The van der Waals surface area contributed by atoms with Crippen molar-refractivity contribution in [2.45, 2.75) is 13.0 Å². The number of likely N-dealkylation sites (N-methyl/N-ethyl adjacent to an activating group) is 1. The number of benzene rings is 1. The lowest BCUT2D eigenvalue weighted by atomic mass is 10.1. The normalized spacial score (nSPS) is 12.3. The summed E-state index contributed by atoms with van der Waals surface area (Å²) in [4.78, 5) is 23.0. The van der Waals surface area contributed by atoms with Crippen LogP contribution in [-0.4, -0.2) is 42.4 Å². The number of nitrogens with one attached hydrogen (secondary N) is 1. The van der Waals surface area contributed by atoms with E-state index >= 15 is 0 Å².